The van der Waals surface area contributed by atoms with Crippen molar-refractivity contribution in [2.24, 2.45) is 0 Å². The zero-order valence-electron chi connectivity index (χ0n) is 10.8. The van der Waals surface area contributed by atoms with E-state index in [1.54, 1.807) is 0 Å². The number of carbonyl (C=O) groups excluding carboxylic acids is 2. The molecule has 0 unspecified atom stereocenters. The Kier molecular flexibility index (Phi) is 4.15. The quantitative estimate of drug-likeness (QED) is 0.580. The zero-order valence-corrected chi connectivity index (χ0v) is 10.8. The van der Waals surface area contributed by atoms with Crippen molar-refractivity contribution in [3.05, 3.63) is 35.5 Å². The summed E-state index contributed by atoms with van der Waals surface area (Å²) in [6.45, 7) is 0.494. The molecule has 0 spiro atoms. The van der Waals surface area contributed by atoms with Crippen molar-refractivity contribution in [2.75, 3.05) is 13.1 Å². The lowest BCUT2D eigenvalue weighted by molar-refractivity contribution is -0.137. The second kappa shape index (κ2) is 5.86. The number of H-pyrrole nitrogens is 1. The third kappa shape index (κ3) is 3.53. The van der Waals surface area contributed by atoms with Crippen LogP contribution in [0.25, 0.3) is 10.9 Å². The molecular formula is C13H12F3N3O2. The lowest BCUT2D eigenvalue weighted by Crippen LogP contribution is -2.31. The fourth-order valence-corrected chi connectivity index (χ4v) is 1.83. The van der Waals surface area contributed by atoms with Gasteiger partial charge in [0.05, 0.1) is 5.56 Å². The first-order valence-corrected chi connectivity index (χ1v) is 6.07. The molecule has 0 atom stereocenters. The van der Waals surface area contributed by atoms with Gasteiger partial charge in [-0.1, -0.05) is 0 Å². The highest BCUT2D eigenvalue weighted by atomic mass is 19.4. The van der Waals surface area contributed by atoms with Crippen LogP contribution in [0, 0.1) is 0 Å². The molecular weight excluding hydrogens is 287 g/mol. The highest BCUT2D eigenvalue weighted by Crippen LogP contribution is 2.31. The van der Waals surface area contributed by atoms with E-state index >= 15 is 0 Å². The lowest BCUT2D eigenvalue weighted by Gasteiger charge is -2.05. The van der Waals surface area contributed by atoms with Crippen LogP contribution < -0.4 is 10.6 Å². The van der Waals surface area contributed by atoms with Gasteiger partial charge >= 0.3 is 6.18 Å². The summed E-state index contributed by atoms with van der Waals surface area (Å²) in [6.07, 6.45) is -3.91. The monoisotopic (exact) mass is 299 g/mol. The Hall–Kier alpha value is -2.51. The Morgan fingerprint density at radius 1 is 1.24 bits per heavy atom. The number of carbonyl (C=O) groups is 2. The largest absolute Gasteiger partial charge is 0.416 e. The van der Waals surface area contributed by atoms with Crippen LogP contribution in [-0.4, -0.2) is 30.4 Å². The Balaban J connectivity index is 2.15. The van der Waals surface area contributed by atoms with Crippen LogP contribution in [0.1, 0.15) is 16.1 Å². The van der Waals surface area contributed by atoms with Crippen molar-refractivity contribution in [1.82, 2.24) is 15.6 Å². The normalized spacial score (nSPS) is 11.4. The summed E-state index contributed by atoms with van der Waals surface area (Å²) in [5.74, 6) is -0.451. The molecule has 2 aromatic rings. The molecule has 8 heteroatoms. The maximum Gasteiger partial charge on any atom is 0.416 e. The predicted molar refractivity (Wildman–Crippen MR) is 69.7 cm³/mol. The van der Waals surface area contributed by atoms with Crippen LogP contribution in [0.2, 0.25) is 0 Å². The molecule has 5 nitrogen and oxygen atoms in total. The molecule has 2 rings (SSSR count). The van der Waals surface area contributed by atoms with Crippen LogP contribution in [-0.2, 0) is 11.0 Å². The molecule has 0 radical (unpaired) electrons. The van der Waals surface area contributed by atoms with E-state index in [2.05, 4.69) is 15.6 Å². The second-order valence-electron chi connectivity index (χ2n) is 4.31. The third-order valence-corrected chi connectivity index (χ3v) is 2.83. The first kappa shape index (κ1) is 14.9. The van der Waals surface area contributed by atoms with Crippen LogP contribution in [0.15, 0.2) is 24.3 Å². The number of halogens is 3. The van der Waals surface area contributed by atoms with Gasteiger partial charge in [0.2, 0.25) is 6.41 Å². The average Bonchev–Trinajstić information content (AvgIpc) is 2.85. The summed E-state index contributed by atoms with van der Waals surface area (Å²) in [7, 11) is 0. The fraction of sp³-hybridized carbons (Fsp3) is 0.231. The molecule has 0 aliphatic carbocycles. The molecule has 0 fully saturated rings. The molecule has 0 saturated carbocycles. The summed E-state index contributed by atoms with van der Waals surface area (Å²) < 4.78 is 37.8. The number of alkyl halides is 3. The summed E-state index contributed by atoms with van der Waals surface area (Å²) in [5.41, 5.74) is -0.161. The first-order valence-electron chi connectivity index (χ1n) is 6.07. The Morgan fingerprint density at radius 2 is 2.00 bits per heavy atom. The molecule has 0 bridgehead atoms. The Morgan fingerprint density at radius 3 is 2.67 bits per heavy atom. The van der Waals surface area contributed by atoms with Crippen molar-refractivity contribution in [3.8, 4) is 0 Å². The van der Waals surface area contributed by atoms with Gasteiger partial charge in [0.1, 0.15) is 5.69 Å². The number of aromatic amines is 1. The summed E-state index contributed by atoms with van der Waals surface area (Å²) in [4.78, 5) is 24.6. The van der Waals surface area contributed by atoms with E-state index in [1.807, 2.05) is 0 Å². The minimum atomic E-state index is -4.42. The van der Waals surface area contributed by atoms with Crippen molar-refractivity contribution >= 4 is 23.2 Å². The SMILES string of the molecule is O=CNCCNC(=O)c1cc2cc(C(F)(F)F)ccc2[nH]1. The van der Waals surface area contributed by atoms with E-state index < -0.39 is 17.6 Å². The molecule has 1 heterocycles. The van der Waals surface area contributed by atoms with E-state index in [0.29, 0.717) is 17.3 Å². The highest BCUT2D eigenvalue weighted by molar-refractivity contribution is 5.98. The summed E-state index contributed by atoms with van der Waals surface area (Å²) >= 11 is 0. The second-order valence-corrected chi connectivity index (χ2v) is 4.31. The van der Waals surface area contributed by atoms with Crippen LogP contribution in [0.3, 0.4) is 0 Å². The van der Waals surface area contributed by atoms with Gasteiger partial charge in [-0.2, -0.15) is 13.2 Å². The topological polar surface area (TPSA) is 74.0 Å². The van der Waals surface area contributed by atoms with Gasteiger partial charge in [0.15, 0.2) is 0 Å². The average molecular weight is 299 g/mol. The number of rotatable bonds is 5. The maximum absolute atomic E-state index is 12.6. The zero-order chi connectivity index (χ0) is 15.5. The van der Waals surface area contributed by atoms with Crippen LogP contribution in [0.5, 0.6) is 0 Å². The van der Waals surface area contributed by atoms with E-state index in [1.165, 1.54) is 12.1 Å². The standard InChI is InChI=1S/C13H12F3N3O2/c14-13(15,16)9-1-2-10-8(5-9)6-11(19-10)12(21)18-4-3-17-7-20/h1-2,5-7,19H,3-4H2,(H,17,20)(H,18,21). The smallest absolute Gasteiger partial charge is 0.357 e. The van der Waals surface area contributed by atoms with E-state index in [9.17, 15) is 22.8 Å². The van der Waals surface area contributed by atoms with Gasteiger partial charge in [-0.05, 0) is 24.3 Å². The third-order valence-electron chi connectivity index (χ3n) is 2.83. The number of aromatic nitrogens is 1. The number of hydrogen-bond acceptors (Lipinski definition) is 2. The van der Waals surface area contributed by atoms with Crippen molar-refractivity contribution < 1.29 is 22.8 Å². The lowest BCUT2D eigenvalue weighted by atomic mass is 10.1. The van der Waals surface area contributed by atoms with Crippen molar-refractivity contribution in [2.45, 2.75) is 6.18 Å². The van der Waals surface area contributed by atoms with Crippen LogP contribution >= 0.6 is 0 Å². The van der Waals surface area contributed by atoms with Gasteiger partial charge in [0.25, 0.3) is 5.91 Å². The van der Waals surface area contributed by atoms with E-state index in [4.69, 9.17) is 0 Å². The molecule has 2 amide bonds. The van der Waals surface area contributed by atoms with Gasteiger partial charge in [-0.25, -0.2) is 0 Å². The van der Waals surface area contributed by atoms with Gasteiger partial charge in [-0.3, -0.25) is 9.59 Å². The number of hydrogen-bond donors (Lipinski definition) is 3. The predicted octanol–water partition coefficient (Wildman–Crippen LogP) is 1.66. The minimum absolute atomic E-state index is 0.162. The molecule has 0 aliphatic rings. The van der Waals surface area contributed by atoms with E-state index in [0.717, 1.165) is 12.1 Å². The number of benzene rings is 1. The minimum Gasteiger partial charge on any atom is -0.357 e. The van der Waals surface area contributed by atoms with Crippen molar-refractivity contribution in [3.63, 3.8) is 0 Å². The van der Waals surface area contributed by atoms with E-state index in [-0.39, 0.29) is 18.8 Å². The molecule has 0 saturated heterocycles. The van der Waals surface area contributed by atoms with Crippen molar-refractivity contribution in [1.29, 1.82) is 0 Å². The first-order chi connectivity index (χ1) is 9.91. The summed E-state index contributed by atoms with van der Waals surface area (Å²) in [5, 5.41) is 5.21. The maximum atomic E-state index is 12.6. The Labute approximate surface area is 117 Å². The fourth-order valence-electron chi connectivity index (χ4n) is 1.83. The number of amides is 2. The molecule has 21 heavy (non-hydrogen) atoms. The highest BCUT2D eigenvalue weighted by Gasteiger charge is 2.30. The van der Waals surface area contributed by atoms with Gasteiger partial charge in [0, 0.05) is 24.0 Å². The number of fused-ring (bicyclic) bond motifs is 1. The molecule has 1 aromatic heterocycles. The summed E-state index contributed by atoms with van der Waals surface area (Å²) in [6, 6.07) is 4.57. The molecule has 0 aliphatic heterocycles. The van der Waals surface area contributed by atoms with Gasteiger partial charge < -0.3 is 15.6 Å². The molecule has 3 N–H and O–H groups in total. The van der Waals surface area contributed by atoms with Gasteiger partial charge in [-0.15, -0.1) is 0 Å². The Bertz CT molecular complexity index is 664. The molecule has 1 aromatic carbocycles. The van der Waals surface area contributed by atoms with Crippen LogP contribution in [0.4, 0.5) is 13.2 Å². The molecule has 112 valence electrons. The number of nitrogens with one attached hydrogen (secondary N) is 3.